The smallest absolute Gasteiger partial charge is 0.274 e. The number of alkyl halides is 3. The molecule has 0 amide bonds. The SMILES string of the molecule is CCN(CC)S(=O)(=O)c1ccc(NCCc2ccc(C(F)(F)F)cc2)[nH+]c1. The van der Waals surface area contributed by atoms with Crippen LogP contribution < -0.4 is 10.3 Å². The fourth-order valence-electron chi connectivity index (χ4n) is 2.60. The van der Waals surface area contributed by atoms with Gasteiger partial charge in [-0.3, -0.25) is 5.32 Å². The molecule has 0 aliphatic rings. The Morgan fingerprint density at radius 3 is 2.15 bits per heavy atom. The second-order valence-electron chi connectivity index (χ2n) is 5.90. The molecule has 0 radical (unpaired) electrons. The molecule has 5 nitrogen and oxygen atoms in total. The molecule has 0 saturated carbocycles. The molecule has 1 aromatic carbocycles. The third kappa shape index (κ3) is 5.43. The van der Waals surface area contributed by atoms with Crippen molar-refractivity contribution in [1.29, 1.82) is 0 Å². The van der Waals surface area contributed by atoms with Crippen LogP contribution in [0.4, 0.5) is 19.0 Å². The van der Waals surface area contributed by atoms with E-state index >= 15 is 0 Å². The van der Waals surface area contributed by atoms with Gasteiger partial charge >= 0.3 is 6.18 Å². The molecule has 0 bridgehead atoms. The highest BCUT2D eigenvalue weighted by Gasteiger charge is 2.29. The molecule has 0 fully saturated rings. The fourth-order valence-corrected chi connectivity index (χ4v) is 4.02. The van der Waals surface area contributed by atoms with Gasteiger partial charge in [0.25, 0.3) is 5.82 Å². The molecule has 9 heteroatoms. The van der Waals surface area contributed by atoms with Crippen molar-refractivity contribution < 1.29 is 26.6 Å². The molecule has 148 valence electrons. The highest BCUT2D eigenvalue weighted by atomic mass is 32.2. The van der Waals surface area contributed by atoms with Crippen LogP contribution in [0.5, 0.6) is 0 Å². The zero-order chi connectivity index (χ0) is 20.1. The summed E-state index contributed by atoms with van der Waals surface area (Å²) in [5, 5.41) is 3.09. The van der Waals surface area contributed by atoms with Crippen molar-refractivity contribution in [1.82, 2.24) is 4.31 Å². The molecule has 2 rings (SSSR count). The van der Waals surface area contributed by atoms with Crippen molar-refractivity contribution in [2.45, 2.75) is 31.3 Å². The highest BCUT2D eigenvalue weighted by molar-refractivity contribution is 7.89. The Kier molecular flexibility index (Phi) is 6.83. The molecule has 1 heterocycles. The van der Waals surface area contributed by atoms with Crippen LogP contribution >= 0.6 is 0 Å². The van der Waals surface area contributed by atoms with Gasteiger partial charge in [-0.05, 0) is 23.8 Å². The number of rotatable bonds is 8. The molecule has 0 aliphatic carbocycles. The van der Waals surface area contributed by atoms with E-state index in [2.05, 4.69) is 10.3 Å². The first-order valence-corrected chi connectivity index (χ1v) is 10.0. The lowest BCUT2D eigenvalue weighted by Crippen LogP contribution is -2.31. The Balaban J connectivity index is 1.94. The average Bonchev–Trinajstić information content (AvgIpc) is 2.62. The maximum atomic E-state index is 12.5. The first-order chi connectivity index (χ1) is 12.7. The maximum absolute atomic E-state index is 12.5. The number of halogens is 3. The van der Waals surface area contributed by atoms with E-state index in [4.69, 9.17) is 0 Å². The van der Waals surface area contributed by atoms with Gasteiger partial charge in [-0.15, -0.1) is 0 Å². The molecule has 1 aromatic heterocycles. The molecular weight excluding hydrogens is 379 g/mol. The van der Waals surface area contributed by atoms with Crippen molar-refractivity contribution >= 4 is 15.8 Å². The van der Waals surface area contributed by atoms with Gasteiger partial charge in [-0.1, -0.05) is 26.0 Å². The van der Waals surface area contributed by atoms with Crippen LogP contribution in [0.2, 0.25) is 0 Å². The monoisotopic (exact) mass is 402 g/mol. The zero-order valence-corrected chi connectivity index (χ0v) is 16.0. The van der Waals surface area contributed by atoms with Gasteiger partial charge in [0.2, 0.25) is 10.0 Å². The second kappa shape index (κ2) is 8.71. The lowest BCUT2D eigenvalue weighted by molar-refractivity contribution is -0.364. The maximum Gasteiger partial charge on any atom is 0.416 e. The Morgan fingerprint density at radius 1 is 1.04 bits per heavy atom. The van der Waals surface area contributed by atoms with Crippen LogP contribution in [0.3, 0.4) is 0 Å². The van der Waals surface area contributed by atoms with Crippen LogP contribution in [-0.4, -0.2) is 32.4 Å². The van der Waals surface area contributed by atoms with Gasteiger partial charge in [0.05, 0.1) is 12.1 Å². The zero-order valence-electron chi connectivity index (χ0n) is 15.2. The fraction of sp³-hybridized carbons (Fsp3) is 0.389. The van der Waals surface area contributed by atoms with E-state index in [1.807, 2.05) is 0 Å². The van der Waals surface area contributed by atoms with Crippen molar-refractivity contribution in [2.24, 2.45) is 0 Å². The van der Waals surface area contributed by atoms with Crippen molar-refractivity contribution in [3.05, 3.63) is 53.7 Å². The third-order valence-corrected chi connectivity index (χ3v) is 6.18. The van der Waals surface area contributed by atoms with Crippen LogP contribution in [0.1, 0.15) is 25.0 Å². The van der Waals surface area contributed by atoms with Crippen molar-refractivity contribution in [2.75, 3.05) is 25.0 Å². The van der Waals surface area contributed by atoms with E-state index in [1.54, 1.807) is 19.9 Å². The number of anilines is 1. The van der Waals surface area contributed by atoms with E-state index in [-0.39, 0.29) is 4.90 Å². The molecule has 2 aromatic rings. The molecule has 0 atom stereocenters. The predicted molar refractivity (Wildman–Crippen MR) is 96.7 cm³/mol. The Hall–Kier alpha value is -2.13. The summed E-state index contributed by atoms with van der Waals surface area (Å²) in [4.78, 5) is 3.08. The minimum absolute atomic E-state index is 0.180. The van der Waals surface area contributed by atoms with Crippen LogP contribution in [0, 0.1) is 0 Å². The van der Waals surface area contributed by atoms with E-state index in [1.165, 1.54) is 28.7 Å². The van der Waals surface area contributed by atoms with Crippen LogP contribution in [-0.2, 0) is 22.6 Å². The summed E-state index contributed by atoms with van der Waals surface area (Å²) in [5.74, 6) is 0.625. The molecular formula is C18H23F3N3O2S+. The summed E-state index contributed by atoms with van der Waals surface area (Å²) < 4.78 is 63.8. The number of hydrogen-bond donors (Lipinski definition) is 1. The number of benzene rings is 1. The number of H-pyrrole nitrogens is 1. The minimum Gasteiger partial charge on any atom is -0.274 e. The van der Waals surface area contributed by atoms with Crippen LogP contribution in [0.25, 0.3) is 0 Å². The first-order valence-electron chi connectivity index (χ1n) is 8.60. The standard InChI is InChI=1S/C18H22F3N3O2S/c1-3-24(4-2)27(25,26)16-9-10-17(23-13-16)22-12-11-14-5-7-15(8-6-14)18(19,20)21/h5-10,13H,3-4,11-12H2,1-2H3,(H,22,23)/p+1. The summed E-state index contributed by atoms with van der Waals surface area (Å²) >= 11 is 0. The summed E-state index contributed by atoms with van der Waals surface area (Å²) in [6.07, 6.45) is -2.38. The summed E-state index contributed by atoms with van der Waals surface area (Å²) in [6, 6.07) is 8.18. The molecule has 0 saturated heterocycles. The number of sulfonamides is 1. The normalized spacial score (nSPS) is 12.4. The molecule has 27 heavy (non-hydrogen) atoms. The number of nitrogens with one attached hydrogen (secondary N) is 2. The Bertz CT molecular complexity index is 832. The number of aromatic amines is 1. The Morgan fingerprint density at radius 2 is 1.67 bits per heavy atom. The van der Waals surface area contributed by atoms with Gasteiger partial charge in [-0.25, -0.2) is 13.4 Å². The second-order valence-corrected chi connectivity index (χ2v) is 7.84. The quantitative estimate of drug-likeness (QED) is 0.738. The Labute approximate surface area is 157 Å². The molecule has 2 N–H and O–H groups in total. The first kappa shape index (κ1) is 21.2. The number of nitrogens with zero attached hydrogens (tertiary/aromatic N) is 1. The van der Waals surface area contributed by atoms with E-state index in [0.29, 0.717) is 31.9 Å². The summed E-state index contributed by atoms with van der Waals surface area (Å²) in [6.45, 7) is 4.84. The van der Waals surface area contributed by atoms with Crippen molar-refractivity contribution in [3.63, 3.8) is 0 Å². The topological polar surface area (TPSA) is 63.6 Å². The molecule has 0 unspecified atom stereocenters. The number of aromatic nitrogens is 1. The van der Waals surface area contributed by atoms with Gasteiger partial charge in [0, 0.05) is 25.6 Å². The summed E-state index contributed by atoms with van der Waals surface area (Å²) in [7, 11) is -3.52. The van der Waals surface area contributed by atoms with Gasteiger partial charge in [0.15, 0.2) is 0 Å². The lowest BCUT2D eigenvalue weighted by atomic mass is 10.1. The molecule has 0 spiro atoms. The average molecular weight is 402 g/mol. The number of hydrogen-bond acceptors (Lipinski definition) is 3. The van der Waals surface area contributed by atoms with Gasteiger partial charge in [-0.2, -0.15) is 17.5 Å². The third-order valence-electron chi connectivity index (χ3n) is 4.14. The summed E-state index contributed by atoms with van der Waals surface area (Å²) in [5.41, 5.74) is 0.105. The predicted octanol–water partition coefficient (Wildman–Crippen LogP) is 3.20. The van der Waals surface area contributed by atoms with Gasteiger partial charge in [0.1, 0.15) is 11.1 Å². The lowest BCUT2D eigenvalue weighted by Gasteiger charge is -2.17. The van der Waals surface area contributed by atoms with Gasteiger partial charge < -0.3 is 0 Å². The van der Waals surface area contributed by atoms with E-state index < -0.39 is 21.8 Å². The van der Waals surface area contributed by atoms with Crippen molar-refractivity contribution in [3.8, 4) is 0 Å². The van der Waals surface area contributed by atoms with Crippen LogP contribution in [0.15, 0.2) is 47.5 Å². The minimum atomic E-state index is -4.33. The largest absolute Gasteiger partial charge is 0.416 e. The van der Waals surface area contributed by atoms with E-state index in [0.717, 1.165) is 17.7 Å². The molecule has 0 aliphatic heterocycles. The van der Waals surface area contributed by atoms with E-state index in [9.17, 15) is 21.6 Å². The number of pyridine rings is 1. The highest BCUT2D eigenvalue weighted by Crippen LogP contribution is 2.29.